The van der Waals surface area contributed by atoms with Crippen LogP contribution >= 0.6 is 0 Å². The van der Waals surface area contributed by atoms with Crippen LogP contribution in [-0.2, 0) is 16.6 Å². The summed E-state index contributed by atoms with van der Waals surface area (Å²) in [7, 11) is -1.66. The van der Waals surface area contributed by atoms with Crippen LogP contribution in [0.2, 0.25) is 0 Å². The first kappa shape index (κ1) is 17.1. The Morgan fingerprint density at radius 2 is 1.85 bits per heavy atom. The second-order valence-electron chi connectivity index (χ2n) is 4.96. The van der Waals surface area contributed by atoms with Gasteiger partial charge in [0.05, 0.1) is 4.90 Å². The summed E-state index contributed by atoms with van der Waals surface area (Å²) in [5.74, 6) is 0. The predicted molar refractivity (Wildman–Crippen MR) is 79.9 cm³/mol. The van der Waals surface area contributed by atoms with Crippen molar-refractivity contribution in [1.29, 1.82) is 0 Å². The molecule has 0 spiro atoms. The first-order valence-electron chi connectivity index (χ1n) is 6.79. The van der Waals surface area contributed by atoms with E-state index < -0.39 is 10.0 Å². The van der Waals surface area contributed by atoms with E-state index in [0.29, 0.717) is 24.4 Å². The Hall–Kier alpha value is -0.950. The zero-order valence-corrected chi connectivity index (χ0v) is 13.2. The van der Waals surface area contributed by atoms with Crippen LogP contribution in [0.25, 0.3) is 0 Å². The van der Waals surface area contributed by atoms with Crippen LogP contribution in [0.15, 0.2) is 29.2 Å². The van der Waals surface area contributed by atoms with Gasteiger partial charge >= 0.3 is 0 Å². The molecule has 6 heteroatoms. The summed E-state index contributed by atoms with van der Waals surface area (Å²) < 4.78 is 26.6. The standard InChI is InChI=1S/C14H24N2O3S/c1-12(2)16(9-4-10-17)20(18,19)14-7-5-13(6-8-14)11-15-3/h5-8,12,15,17H,4,9-11H2,1-3H3. The summed E-state index contributed by atoms with van der Waals surface area (Å²) >= 11 is 0. The van der Waals surface area contributed by atoms with Gasteiger partial charge in [0.15, 0.2) is 0 Å². The molecule has 0 radical (unpaired) electrons. The molecule has 1 rings (SSSR count). The molecule has 0 aromatic heterocycles. The molecule has 0 aliphatic carbocycles. The Morgan fingerprint density at radius 1 is 1.25 bits per heavy atom. The van der Waals surface area contributed by atoms with Gasteiger partial charge in [-0.25, -0.2) is 8.42 Å². The van der Waals surface area contributed by atoms with E-state index in [2.05, 4.69) is 5.32 Å². The maximum absolute atomic E-state index is 12.6. The topological polar surface area (TPSA) is 69.6 Å². The molecule has 1 aromatic carbocycles. The fraction of sp³-hybridized carbons (Fsp3) is 0.571. The highest BCUT2D eigenvalue weighted by molar-refractivity contribution is 7.89. The molecule has 20 heavy (non-hydrogen) atoms. The van der Waals surface area contributed by atoms with Crippen LogP contribution in [-0.4, -0.2) is 44.1 Å². The third-order valence-corrected chi connectivity index (χ3v) is 5.11. The molecule has 0 amide bonds. The van der Waals surface area contributed by atoms with E-state index in [1.165, 1.54) is 4.31 Å². The maximum atomic E-state index is 12.6. The number of aliphatic hydroxyl groups excluding tert-OH is 1. The lowest BCUT2D eigenvalue weighted by Gasteiger charge is -2.25. The zero-order chi connectivity index (χ0) is 15.2. The Morgan fingerprint density at radius 3 is 2.30 bits per heavy atom. The Balaban J connectivity index is 3.00. The SMILES string of the molecule is CNCc1ccc(S(=O)(=O)N(CCCO)C(C)C)cc1. The summed E-state index contributed by atoms with van der Waals surface area (Å²) in [6.45, 7) is 4.70. The van der Waals surface area contributed by atoms with Gasteiger partial charge in [0.1, 0.15) is 0 Å². The Labute approximate surface area is 121 Å². The maximum Gasteiger partial charge on any atom is 0.243 e. The van der Waals surface area contributed by atoms with Crippen molar-refractivity contribution in [1.82, 2.24) is 9.62 Å². The number of aliphatic hydroxyl groups is 1. The largest absolute Gasteiger partial charge is 0.396 e. The Bertz CT molecular complexity index is 498. The minimum Gasteiger partial charge on any atom is -0.396 e. The lowest BCUT2D eigenvalue weighted by molar-refractivity contribution is 0.258. The van der Waals surface area contributed by atoms with E-state index in [1.807, 2.05) is 33.0 Å². The van der Waals surface area contributed by atoms with E-state index in [1.54, 1.807) is 12.1 Å². The van der Waals surface area contributed by atoms with Gasteiger partial charge < -0.3 is 10.4 Å². The molecular weight excluding hydrogens is 276 g/mol. The van der Waals surface area contributed by atoms with Gasteiger partial charge in [-0.2, -0.15) is 4.31 Å². The van der Waals surface area contributed by atoms with Crippen molar-refractivity contribution in [3.63, 3.8) is 0 Å². The molecule has 0 aliphatic rings. The van der Waals surface area contributed by atoms with Crippen LogP contribution < -0.4 is 5.32 Å². The van der Waals surface area contributed by atoms with Crippen molar-refractivity contribution in [2.24, 2.45) is 0 Å². The first-order valence-corrected chi connectivity index (χ1v) is 8.23. The van der Waals surface area contributed by atoms with E-state index in [4.69, 9.17) is 5.11 Å². The number of benzene rings is 1. The minimum absolute atomic E-state index is 0.0140. The molecule has 0 atom stereocenters. The van der Waals surface area contributed by atoms with E-state index >= 15 is 0 Å². The highest BCUT2D eigenvalue weighted by Gasteiger charge is 2.26. The van der Waals surface area contributed by atoms with Gasteiger partial charge in [-0.3, -0.25) is 0 Å². The average molecular weight is 300 g/mol. The summed E-state index contributed by atoms with van der Waals surface area (Å²) in [6, 6.07) is 6.76. The van der Waals surface area contributed by atoms with Gasteiger partial charge in [0, 0.05) is 25.7 Å². The second-order valence-corrected chi connectivity index (χ2v) is 6.85. The monoisotopic (exact) mass is 300 g/mol. The number of rotatable bonds is 8. The second kappa shape index (κ2) is 7.73. The third-order valence-electron chi connectivity index (χ3n) is 3.02. The highest BCUT2D eigenvalue weighted by Crippen LogP contribution is 2.19. The van der Waals surface area contributed by atoms with Crippen molar-refractivity contribution >= 4 is 10.0 Å². The normalized spacial score (nSPS) is 12.3. The number of nitrogens with zero attached hydrogens (tertiary/aromatic N) is 1. The van der Waals surface area contributed by atoms with Gasteiger partial charge in [0.25, 0.3) is 0 Å². The summed E-state index contributed by atoms with van der Waals surface area (Å²) in [6.07, 6.45) is 0.440. The molecule has 0 unspecified atom stereocenters. The lowest BCUT2D eigenvalue weighted by atomic mass is 10.2. The average Bonchev–Trinajstić information content (AvgIpc) is 2.39. The molecule has 1 aromatic rings. The molecular formula is C14H24N2O3S. The van der Waals surface area contributed by atoms with Gasteiger partial charge in [-0.1, -0.05) is 12.1 Å². The van der Waals surface area contributed by atoms with Crippen molar-refractivity contribution < 1.29 is 13.5 Å². The van der Waals surface area contributed by atoms with E-state index in [0.717, 1.165) is 5.56 Å². The molecule has 2 N–H and O–H groups in total. The van der Waals surface area contributed by atoms with Crippen LogP contribution in [0.3, 0.4) is 0 Å². The van der Waals surface area contributed by atoms with Gasteiger partial charge in [-0.05, 0) is 45.0 Å². The number of hydrogen-bond acceptors (Lipinski definition) is 4. The van der Waals surface area contributed by atoms with Gasteiger partial charge in [0.2, 0.25) is 10.0 Å². The predicted octanol–water partition coefficient (Wildman–Crippen LogP) is 1.19. The minimum atomic E-state index is -3.50. The quantitative estimate of drug-likeness (QED) is 0.756. The number of sulfonamides is 1. The first-order chi connectivity index (χ1) is 9.43. The smallest absolute Gasteiger partial charge is 0.243 e. The fourth-order valence-corrected chi connectivity index (χ4v) is 3.68. The van der Waals surface area contributed by atoms with Crippen molar-refractivity contribution in [2.45, 2.75) is 37.8 Å². The molecule has 0 fully saturated rings. The van der Waals surface area contributed by atoms with E-state index in [9.17, 15) is 8.42 Å². The molecule has 0 heterocycles. The molecule has 114 valence electrons. The highest BCUT2D eigenvalue weighted by atomic mass is 32.2. The molecule has 0 saturated carbocycles. The van der Waals surface area contributed by atoms with E-state index in [-0.39, 0.29) is 12.6 Å². The molecule has 0 aliphatic heterocycles. The molecule has 0 bridgehead atoms. The third kappa shape index (κ3) is 4.28. The lowest BCUT2D eigenvalue weighted by Crippen LogP contribution is -2.38. The van der Waals surface area contributed by atoms with Crippen LogP contribution in [0.1, 0.15) is 25.8 Å². The molecule has 5 nitrogen and oxygen atoms in total. The van der Waals surface area contributed by atoms with Gasteiger partial charge in [-0.15, -0.1) is 0 Å². The van der Waals surface area contributed by atoms with Crippen LogP contribution in [0.4, 0.5) is 0 Å². The summed E-state index contributed by atoms with van der Waals surface area (Å²) in [4.78, 5) is 0.295. The fourth-order valence-electron chi connectivity index (χ4n) is 2.00. The van der Waals surface area contributed by atoms with Crippen molar-refractivity contribution in [2.75, 3.05) is 20.2 Å². The van der Waals surface area contributed by atoms with Crippen LogP contribution in [0, 0.1) is 0 Å². The number of hydrogen-bond donors (Lipinski definition) is 2. The summed E-state index contributed by atoms with van der Waals surface area (Å²) in [5.41, 5.74) is 1.04. The zero-order valence-electron chi connectivity index (χ0n) is 12.3. The van der Waals surface area contributed by atoms with Crippen molar-refractivity contribution in [3.05, 3.63) is 29.8 Å². The summed E-state index contributed by atoms with van der Waals surface area (Å²) in [5, 5.41) is 11.9. The van der Waals surface area contributed by atoms with Crippen molar-refractivity contribution in [3.8, 4) is 0 Å². The van der Waals surface area contributed by atoms with Crippen LogP contribution in [0.5, 0.6) is 0 Å². The number of nitrogens with one attached hydrogen (secondary N) is 1. The molecule has 0 saturated heterocycles. The Kier molecular flexibility index (Phi) is 6.61.